The maximum absolute atomic E-state index is 12.3. The number of aliphatic carboxylic acids is 1. The average Bonchev–Trinajstić information content (AvgIpc) is 2.39. The highest BCUT2D eigenvalue weighted by atomic mass is 16.4. The van der Waals surface area contributed by atoms with Gasteiger partial charge in [-0.1, -0.05) is 18.2 Å². The van der Waals surface area contributed by atoms with E-state index in [4.69, 9.17) is 5.11 Å². The summed E-state index contributed by atoms with van der Waals surface area (Å²) in [4.78, 5) is 24.9. The largest absolute Gasteiger partial charge is 0.480 e. The number of hydrogen-bond donors (Lipinski definition) is 2. The molecule has 1 aromatic rings. The molecule has 1 amide bonds. The Labute approximate surface area is 119 Å². The van der Waals surface area contributed by atoms with Gasteiger partial charge in [0, 0.05) is 12.2 Å². The fourth-order valence-electron chi connectivity index (χ4n) is 1.81. The van der Waals surface area contributed by atoms with Crippen LogP contribution in [0.15, 0.2) is 24.3 Å². The van der Waals surface area contributed by atoms with Crippen molar-refractivity contribution in [2.45, 2.75) is 33.2 Å². The van der Waals surface area contributed by atoms with Gasteiger partial charge in [0.05, 0.1) is 6.54 Å². The van der Waals surface area contributed by atoms with E-state index in [9.17, 15) is 9.59 Å². The van der Waals surface area contributed by atoms with Crippen LogP contribution in [-0.2, 0) is 9.59 Å². The molecule has 0 saturated heterocycles. The Kier molecular flexibility index (Phi) is 5.27. The first-order valence-corrected chi connectivity index (χ1v) is 6.64. The summed E-state index contributed by atoms with van der Waals surface area (Å²) in [7, 11) is 0. The molecule has 0 heterocycles. The molecule has 0 fully saturated rings. The molecular formula is C15H22N2O3. The quantitative estimate of drug-likeness (QED) is 0.832. The second-order valence-electron chi connectivity index (χ2n) is 5.21. The smallest absolute Gasteiger partial charge is 0.323 e. The van der Waals surface area contributed by atoms with Crippen LogP contribution < -0.4 is 10.2 Å². The van der Waals surface area contributed by atoms with Crippen molar-refractivity contribution in [1.82, 2.24) is 5.32 Å². The molecule has 0 radical (unpaired) electrons. The van der Waals surface area contributed by atoms with Crippen molar-refractivity contribution in [2.75, 3.05) is 18.0 Å². The predicted octanol–water partition coefficient (Wildman–Crippen LogP) is 1.80. The van der Waals surface area contributed by atoms with Crippen molar-refractivity contribution in [2.24, 2.45) is 0 Å². The van der Waals surface area contributed by atoms with Gasteiger partial charge in [-0.3, -0.25) is 14.9 Å². The van der Waals surface area contributed by atoms with Gasteiger partial charge in [0.15, 0.2) is 0 Å². The van der Waals surface area contributed by atoms with Gasteiger partial charge in [-0.25, -0.2) is 0 Å². The molecule has 110 valence electrons. The summed E-state index contributed by atoms with van der Waals surface area (Å²) in [5, 5.41) is 11.8. The maximum atomic E-state index is 12.3. The minimum absolute atomic E-state index is 0.0124. The SMILES string of the molecule is CCN(C(=O)CNC(C)(C)C(=O)O)c1ccccc1C. The Morgan fingerprint density at radius 2 is 1.90 bits per heavy atom. The minimum Gasteiger partial charge on any atom is -0.480 e. The summed E-state index contributed by atoms with van der Waals surface area (Å²) < 4.78 is 0. The molecule has 0 unspecified atom stereocenters. The van der Waals surface area contributed by atoms with E-state index in [0.29, 0.717) is 6.54 Å². The molecule has 1 aromatic carbocycles. The monoisotopic (exact) mass is 278 g/mol. The van der Waals surface area contributed by atoms with Crippen molar-refractivity contribution >= 4 is 17.6 Å². The van der Waals surface area contributed by atoms with Crippen LogP contribution in [0.2, 0.25) is 0 Å². The fourth-order valence-corrected chi connectivity index (χ4v) is 1.81. The molecule has 0 spiro atoms. The van der Waals surface area contributed by atoms with Crippen molar-refractivity contribution < 1.29 is 14.7 Å². The van der Waals surface area contributed by atoms with E-state index in [-0.39, 0.29) is 12.5 Å². The molecule has 5 nitrogen and oxygen atoms in total. The van der Waals surface area contributed by atoms with Gasteiger partial charge < -0.3 is 10.0 Å². The number of rotatable bonds is 6. The zero-order valence-corrected chi connectivity index (χ0v) is 12.4. The first-order chi connectivity index (χ1) is 9.29. The number of aryl methyl sites for hydroxylation is 1. The van der Waals surface area contributed by atoms with Crippen LogP contribution in [0.4, 0.5) is 5.69 Å². The molecule has 5 heteroatoms. The number of benzene rings is 1. The average molecular weight is 278 g/mol. The Bertz CT molecular complexity index is 498. The van der Waals surface area contributed by atoms with E-state index in [1.54, 1.807) is 4.90 Å². The summed E-state index contributed by atoms with van der Waals surface area (Å²) in [6.07, 6.45) is 0. The van der Waals surface area contributed by atoms with Crippen LogP contribution in [0.25, 0.3) is 0 Å². The zero-order valence-electron chi connectivity index (χ0n) is 12.4. The maximum Gasteiger partial charge on any atom is 0.323 e. The number of likely N-dealkylation sites (N-methyl/N-ethyl adjacent to an activating group) is 1. The van der Waals surface area contributed by atoms with Crippen LogP contribution in [0.5, 0.6) is 0 Å². The first-order valence-electron chi connectivity index (χ1n) is 6.64. The fraction of sp³-hybridized carbons (Fsp3) is 0.467. The van der Waals surface area contributed by atoms with Crippen LogP contribution in [0.1, 0.15) is 26.3 Å². The second kappa shape index (κ2) is 6.52. The summed E-state index contributed by atoms with van der Waals surface area (Å²) in [6, 6.07) is 7.63. The lowest BCUT2D eigenvalue weighted by molar-refractivity contribution is -0.143. The molecule has 0 saturated carbocycles. The highest BCUT2D eigenvalue weighted by Gasteiger charge is 2.28. The van der Waals surface area contributed by atoms with Gasteiger partial charge in [0.1, 0.15) is 5.54 Å². The molecule has 2 N–H and O–H groups in total. The standard InChI is InChI=1S/C15H22N2O3/c1-5-17(12-9-7-6-8-11(12)2)13(18)10-16-15(3,4)14(19)20/h6-9,16H,5,10H2,1-4H3,(H,19,20). The van der Waals surface area contributed by atoms with Crippen LogP contribution >= 0.6 is 0 Å². The molecule has 0 aliphatic carbocycles. The van der Waals surface area contributed by atoms with Gasteiger partial charge >= 0.3 is 5.97 Å². The highest BCUT2D eigenvalue weighted by Crippen LogP contribution is 2.19. The first kappa shape index (κ1) is 16.2. The lowest BCUT2D eigenvalue weighted by atomic mass is 10.1. The number of hydrogen-bond acceptors (Lipinski definition) is 3. The van der Waals surface area contributed by atoms with Gasteiger partial charge in [-0.05, 0) is 39.3 Å². The molecule has 0 aliphatic heterocycles. The number of carboxylic acids is 1. The Morgan fingerprint density at radius 1 is 1.30 bits per heavy atom. The van der Waals surface area contributed by atoms with Crippen LogP contribution in [-0.4, -0.2) is 35.6 Å². The number of anilines is 1. The molecule has 0 aromatic heterocycles. The topological polar surface area (TPSA) is 69.6 Å². The number of carboxylic acid groups (broad SMARTS) is 1. The summed E-state index contributed by atoms with van der Waals surface area (Å²) in [6.45, 7) is 7.44. The summed E-state index contributed by atoms with van der Waals surface area (Å²) >= 11 is 0. The summed E-state index contributed by atoms with van der Waals surface area (Å²) in [5.41, 5.74) is 0.746. The number of nitrogens with one attached hydrogen (secondary N) is 1. The van der Waals surface area contributed by atoms with E-state index in [1.165, 1.54) is 13.8 Å². The normalized spacial score (nSPS) is 11.2. The lowest BCUT2D eigenvalue weighted by Gasteiger charge is -2.26. The molecule has 0 bridgehead atoms. The lowest BCUT2D eigenvalue weighted by Crippen LogP contribution is -2.51. The van der Waals surface area contributed by atoms with Gasteiger partial charge in [0.2, 0.25) is 5.91 Å². The predicted molar refractivity (Wildman–Crippen MR) is 78.9 cm³/mol. The molecular weight excluding hydrogens is 256 g/mol. The van der Waals surface area contributed by atoms with E-state index < -0.39 is 11.5 Å². The van der Waals surface area contributed by atoms with Crippen LogP contribution in [0, 0.1) is 6.92 Å². The highest BCUT2D eigenvalue weighted by molar-refractivity contribution is 5.95. The molecule has 0 atom stereocenters. The Balaban J connectivity index is 2.79. The minimum atomic E-state index is -1.12. The number of nitrogens with zero attached hydrogens (tertiary/aromatic N) is 1. The van der Waals surface area contributed by atoms with E-state index in [1.807, 2.05) is 38.1 Å². The third kappa shape index (κ3) is 3.81. The van der Waals surface area contributed by atoms with Crippen molar-refractivity contribution in [3.8, 4) is 0 Å². The van der Waals surface area contributed by atoms with E-state index >= 15 is 0 Å². The molecule has 20 heavy (non-hydrogen) atoms. The number of carbonyl (C=O) groups is 2. The molecule has 0 aliphatic rings. The van der Waals surface area contributed by atoms with Crippen molar-refractivity contribution in [3.05, 3.63) is 29.8 Å². The number of para-hydroxylation sites is 1. The number of carbonyl (C=O) groups excluding carboxylic acids is 1. The van der Waals surface area contributed by atoms with Gasteiger partial charge in [0.25, 0.3) is 0 Å². The Morgan fingerprint density at radius 3 is 2.40 bits per heavy atom. The number of amides is 1. The third-order valence-electron chi connectivity index (χ3n) is 3.24. The van der Waals surface area contributed by atoms with Crippen molar-refractivity contribution in [1.29, 1.82) is 0 Å². The van der Waals surface area contributed by atoms with E-state index in [2.05, 4.69) is 5.32 Å². The third-order valence-corrected chi connectivity index (χ3v) is 3.24. The second-order valence-corrected chi connectivity index (χ2v) is 5.21. The summed E-state index contributed by atoms with van der Waals surface area (Å²) in [5.74, 6) is -1.12. The Hall–Kier alpha value is -1.88. The van der Waals surface area contributed by atoms with Crippen molar-refractivity contribution in [3.63, 3.8) is 0 Å². The molecule has 1 rings (SSSR count). The van der Waals surface area contributed by atoms with Gasteiger partial charge in [-0.2, -0.15) is 0 Å². The van der Waals surface area contributed by atoms with E-state index in [0.717, 1.165) is 11.3 Å². The zero-order chi connectivity index (χ0) is 15.3. The van der Waals surface area contributed by atoms with Gasteiger partial charge in [-0.15, -0.1) is 0 Å². The van der Waals surface area contributed by atoms with Crippen LogP contribution in [0.3, 0.4) is 0 Å².